The summed E-state index contributed by atoms with van der Waals surface area (Å²) in [5, 5.41) is 8.86. The van der Waals surface area contributed by atoms with E-state index in [1.54, 1.807) is 6.92 Å². The summed E-state index contributed by atoms with van der Waals surface area (Å²) < 4.78 is 27.2. The minimum absolute atomic E-state index is 0.163. The summed E-state index contributed by atoms with van der Waals surface area (Å²) in [6.07, 6.45) is 0.686. The van der Waals surface area contributed by atoms with Crippen molar-refractivity contribution in [1.82, 2.24) is 4.72 Å². The number of nitrogens with one attached hydrogen (secondary N) is 1. The van der Waals surface area contributed by atoms with E-state index < -0.39 is 10.0 Å². The van der Waals surface area contributed by atoms with Gasteiger partial charge in [-0.15, -0.1) is 0 Å². The van der Waals surface area contributed by atoms with E-state index in [4.69, 9.17) is 11.0 Å². The molecule has 0 fully saturated rings. The number of hydrogen-bond acceptors (Lipinski definition) is 4. The van der Waals surface area contributed by atoms with E-state index in [0.29, 0.717) is 23.5 Å². The highest BCUT2D eigenvalue weighted by Gasteiger charge is 2.20. The largest absolute Gasteiger partial charge is 0.329 e. The number of nitriles is 1. The van der Waals surface area contributed by atoms with Gasteiger partial charge in [-0.25, -0.2) is 13.1 Å². The Kier molecular flexibility index (Phi) is 5.69. The fraction of sp³-hybridized carbons (Fsp3) is 0.500. The van der Waals surface area contributed by atoms with Crippen molar-refractivity contribution in [3.63, 3.8) is 0 Å². The van der Waals surface area contributed by atoms with Crippen molar-refractivity contribution in [1.29, 1.82) is 5.26 Å². The first-order valence-electron chi connectivity index (χ1n) is 6.53. The van der Waals surface area contributed by atoms with Crippen LogP contribution in [0.4, 0.5) is 0 Å². The monoisotopic (exact) mass is 295 g/mol. The number of hydrogen-bond donors (Lipinski definition) is 2. The SMILES string of the molecule is Cc1cc(S(=O)(=O)NC(CN)CC(C)C)ccc1C#N. The molecular weight excluding hydrogens is 274 g/mol. The standard InChI is InChI=1S/C14H21N3O2S/c1-10(2)6-13(9-16)17-20(18,19)14-5-4-12(8-15)11(3)7-14/h4-5,7,10,13,17H,6,9,16H2,1-3H3. The van der Waals surface area contributed by atoms with Gasteiger partial charge < -0.3 is 5.73 Å². The minimum atomic E-state index is -3.60. The van der Waals surface area contributed by atoms with Gasteiger partial charge in [0.05, 0.1) is 16.5 Å². The zero-order valence-corrected chi connectivity index (χ0v) is 12.9. The molecule has 0 heterocycles. The Bertz CT molecular complexity index is 603. The summed E-state index contributed by atoms with van der Waals surface area (Å²) in [6, 6.07) is 6.20. The van der Waals surface area contributed by atoms with Crippen LogP contribution in [0.1, 0.15) is 31.4 Å². The number of benzene rings is 1. The zero-order chi connectivity index (χ0) is 15.3. The van der Waals surface area contributed by atoms with Gasteiger partial charge in [-0.2, -0.15) is 5.26 Å². The lowest BCUT2D eigenvalue weighted by Crippen LogP contribution is -2.41. The van der Waals surface area contributed by atoms with Gasteiger partial charge >= 0.3 is 0 Å². The molecular formula is C14H21N3O2S. The molecule has 0 bridgehead atoms. The molecule has 0 aromatic heterocycles. The molecule has 110 valence electrons. The van der Waals surface area contributed by atoms with E-state index in [2.05, 4.69) is 4.72 Å². The fourth-order valence-corrected chi connectivity index (χ4v) is 3.32. The number of aryl methyl sites for hydroxylation is 1. The minimum Gasteiger partial charge on any atom is -0.329 e. The molecule has 0 amide bonds. The van der Waals surface area contributed by atoms with Crippen LogP contribution in [-0.4, -0.2) is 21.0 Å². The van der Waals surface area contributed by atoms with Gasteiger partial charge in [0, 0.05) is 12.6 Å². The van der Waals surface area contributed by atoms with Crippen LogP contribution >= 0.6 is 0 Å². The number of nitrogens with zero attached hydrogens (tertiary/aromatic N) is 1. The highest BCUT2D eigenvalue weighted by atomic mass is 32.2. The molecule has 0 aliphatic rings. The predicted molar refractivity (Wildman–Crippen MR) is 78.5 cm³/mol. The fourth-order valence-electron chi connectivity index (χ4n) is 1.98. The summed E-state index contributed by atoms with van der Waals surface area (Å²) in [6.45, 7) is 6.00. The second-order valence-electron chi connectivity index (χ2n) is 5.27. The predicted octanol–water partition coefficient (Wildman–Crippen LogP) is 1.52. The van der Waals surface area contributed by atoms with Gasteiger partial charge in [0.2, 0.25) is 10.0 Å². The number of sulfonamides is 1. The molecule has 1 aromatic carbocycles. The third-order valence-corrected chi connectivity index (χ3v) is 4.51. The summed E-state index contributed by atoms with van der Waals surface area (Å²) in [7, 11) is -3.60. The van der Waals surface area contributed by atoms with E-state index in [9.17, 15) is 8.42 Å². The van der Waals surface area contributed by atoms with Crippen LogP contribution in [0.25, 0.3) is 0 Å². The maximum atomic E-state index is 12.3. The average molecular weight is 295 g/mol. The summed E-state index contributed by atoms with van der Waals surface area (Å²) >= 11 is 0. The first kappa shape index (κ1) is 16.6. The van der Waals surface area contributed by atoms with Gasteiger partial charge in [0.1, 0.15) is 0 Å². The highest BCUT2D eigenvalue weighted by Crippen LogP contribution is 2.16. The lowest BCUT2D eigenvalue weighted by Gasteiger charge is -2.19. The molecule has 0 spiro atoms. The van der Waals surface area contributed by atoms with Gasteiger partial charge in [-0.1, -0.05) is 13.8 Å². The first-order valence-corrected chi connectivity index (χ1v) is 8.01. The van der Waals surface area contributed by atoms with Crippen LogP contribution in [-0.2, 0) is 10.0 Å². The Balaban J connectivity index is 2.99. The third kappa shape index (κ3) is 4.30. The molecule has 3 N–H and O–H groups in total. The Morgan fingerprint density at radius 1 is 1.40 bits per heavy atom. The van der Waals surface area contributed by atoms with Crippen molar-refractivity contribution in [3.8, 4) is 6.07 Å². The van der Waals surface area contributed by atoms with Crippen LogP contribution in [0.3, 0.4) is 0 Å². The molecule has 1 unspecified atom stereocenters. The molecule has 0 aliphatic heterocycles. The van der Waals surface area contributed by atoms with Crippen molar-refractivity contribution in [2.75, 3.05) is 6.54 Å². The van der Waals surface area contributed by atoms with Crippen LogP contribution in [0.2, 0.25) is 0 Å². The molecule has 20 heavy (non-hydrogen) atoms. The Morgan fingerprint density at radius 2 is 2.05 bits per heavy atom. The summed E-state index contributed by atoms with van der Waals surface area (Å²) in [5.74, 6) is 0.356. The molecule has 0 radical (unpaired) electrons. The van der Waals surface area contributed by atoms with Crippen LogP contribution < -0.4 is 10.5 Å². The Labute approximate surface area is 120 Å². The lowest BCUT2D eigenvalue weighted by atomic mass is 10.1. The van der Waals surface area contributed by atoms with Crippen molar-refractivity contribution in [2.45, 2.75) is 38.1 Å². The van der Waals surface area contributed by atoms with Crippen LogP contribution in [0.15, 0.2) is 23.1 Å². The number of rotatable bonds is 6. The molecule has 0 saturated heterocycles. The van der Waals surface area contributed by atoms with Crippen LogP contribution in [0, 0.1) is 24.2 Å². The first-order chi connectivity index (χ1) is 9.30. The van der Waals surface area contributed by atoms with Gasteiger partial charge in [-0.05, 0) is 43.0 Å². The van der Waals surface area contributed by atoms with Crippen molar-refractivity contribution < 1.29 is 8.42 Å². The molecule has 0 aliphatic carbocycles. The van der Waals surface area contributed by atoms with Gasteiger partial charge in [0.25, 0.3) is 0 Å². The lowest BCUT2D eigenvalue weighted by molar-refractivity contribution is 0.465. The van der Waals surface area contributed by atoms with Crippen LogP contribution in [0.5, 0.6) is 0 Å². The average Bonchev–Trinajstić information content (AvgIpc) is 2.36. The molecule has 1 aromatic rings. The molecule has 6 heteroatoms. The second-order valence-corrected chi connectivity index (χ2v) is 6.99. The quantitative estimate of drug-likeness (QED) is 0.831. The van der Waals surface area contributed by atoms with Gasteiger partial charge in [-0.3, -0.25) is 0 Å². The van der Waals surface area contributed by atoms with Crippen molar-refractivity contribution in [2.24, 2.45) is 11.7 Å². The zero-order valence-electron chi connectivity index (χ0n) is 12.1. The second kappa shape index (κ2) is 6.84. The van der Waals surface area contributed by atoms with Crippen molar-refractivity contribution in [3.05, 3.63) is 29.3 Å². The van der Waals surface area contributed by atoms with Gasteiger partial charge in [0.15, 0.2) is 0 Å². The molecule has 1 rings (SSSR count). The number of nitrogens with two attached hydrogens (primary N) is 1. The highest BCUT2D eigenvalue weighted by molar-refractivity contribution is 7.89. The Hall–Kier alpha value is -1.42. The third-order valence-electron chi connectivity index (χ3n) is 2.99. The maximum Gasteiger partial charge on any atom is 0.240 e. The topological polar surface area (TPSA) is 96.0 Å². The smallest absolute Gasteiger partial charge is 0.240 e. The molecule has 0 saturated carbocycles. The van der Waals surface area contributed by atoms with E-state index in [1.807, 2.05) is 19.9 Å². The normalized spacial score (nSPS) is 13.2. The summed E-state index contributed by atoms with van der Waals surface area (Å²) in [4.78, 5) is 0.163. The van der Waals surface area contributed by atoms with E-state index >= 15 is 0 Å². The maximum absolute atomic E-state index is 12.3. The summed E-state index contributed by atoms with van der Waals surface area (Å²) in [5.41, 5.74) is 6.73. The Morgan fingerprint density at radius 3 is 2.50 bits per heavy atom. The van der Waals surface area contributed by atoms with Crippen molar-refractivity contribution >= 4 is 10.0 Å². The van der Waals surface area contributed by atoms with E-state index in [1.165, 1.54) is 18.2 Å². The van der Waals surface area contributed by atoms with E-state index in [-0.39, 0.29) is 17.5 Å². The molecule has 5 nitrogen and oxygen atoms in total. The molecule has 1 atom stereocenters. The van der Waals surface area contributed by atoms with E-state index in [0.717, 1.165) is 0 Å².